The summed E-state index contributed by atoms with van der Waals surface area (Å²) in [5, 5.41) is 17.5. The molecule has 2 fully saturated rings. The average molecular weight is 539 g/mol. The average Bonchev–Trinajstić information content (AvgIpc) is 2.93. The number of ether oxygens (including phenoxy) is 4. The molecule has 0 N–H and O–H groups in total. The van der Waals surface area contributed by atoms with E-state index in [4.69, 9.17) is 18.9 Å². The Morgan fingerprint density at radius 2 is 1.00 bits per heavy atom. The Balaban J connectivity index is 1.54. The molecule has 0 bridgehead atoms. The summed E-state index contributed by atoms with van der Waals surface area (Å²) in [6, 6.07) is 0.459. The van der Waals surface area contributed by atoms with E-state index in [9.17, 15) is 9.59 Å². The number of azo groups is 2. The van der Waals surface area contributed by atoms with Crippen molar-refractivity contribution in [1.82, 2.24) is 0 Å². The molecule has 0 aromatic heterocycles. The Kier molecular flexibility index (Phi) is 14.6. The Hall–Kier alpha value is -2.26. The summed E-state index contributed by atoms with van der Waals surface area (Å²) in [4.78, 5) is 24.2. The quantitative estimate of drug-likeness (QED) is 0.117. The van der Waals surface area contributed by atoms with Crippen molar-refractivity contribution in [3.8, 4) is 0 Å². The molecule has 0 spiro atoms. The maximum atomic E-state index is 12.1. The predicted molar refractivity (Wildman–Crippen MR) is 144 cm³/mol. The molecule has 10 heteroatoms. The Labute approximate surface area is 228 Å². The lowest BCUT2D eigenvalue weighted by atomic mass is 9.96. The van der Waals surface area contributed by atoms with E-state index in [1.807, 2.05) is 13.8 Å². The molecule has 2 saturated carbocycles. The Morgan fingerprint density at radius 3 is 1.34 bits per heavy atom. The van der Waals surface area contributed by atoms with Gasteiger partial charge >= 0.3 is 12.3 Å². The van der Waals surface area contributed by atoms with Crippen LogP contribution in [-0.2, 0) is 18.9 Å². The summed E-state index contributed by atoms with van der Waals surface area (Å²) in [5.41, 5.74) is -1.99. The van der Waals surface area contributed by atoms with Gasteiger partial charge in [0, 0.05) is 12.8 Å². The van der Waals surface area contributed by atoms with Gasteiger partial charge in [0.1, 0.15) is 0 Å². The van der Waals surface area contributed by atoms with Crippen LogP contribution in [0, 0.1) is 0 Å². The monoisotopic (exact) mass is 538 g/mol. The third-order valence-corrected chi connectivity index (χ3v) is 7.41. The highest BCUT2D eigenvalue weighted by Gasteiger charge is 2.29. The Morgan fingerprint density at radius 1 is 0.632 bits per heavy atom. The van der Waals surface area contributed by atoms with Crippen molar-refractivity contribution in [3.05, 3.63) is 0 Å². The van der Waals surface area contributed by atoms with E-state index in [1.54, 1.807) is 13.8 Å². The van der Waals surface area contributed by atoms with Gasteiger partial charge in [0.05, 0.1) is 25.3 Å². The van der Waals surface area contributed by atoms with Crippen LogP contribution in [0.15, 0.2) is 20.5 Å². The molecule has 2 aliphatic rings. The molecule has 218 valence electrons. The topological polar surface area (TPSA) is 121 Å². The first-order valence-corrected chi connectivity index (χ1v) is 14.8. The van der Waals surface area contributed by atoms with E-state index in [0.29, 0.717) is 25.7 Å². The second-order valence-corrected chi connectivity index (χ2v) is 10.9. The van der Waals surface area contributed by atoms with E-state index in [1.165, 1.54) is 38.5 Å². The molecule has 0 radical (unpaired) electrons. The molecule has 0 amide bonds. The van der Waals surface area contributed by atoms with Gasteiger partial charge in [-0.1, -0.05) is 52.4 Å². The second kappa shape index (κ2) is 17.4. The fourth-order valence-corrected chi connectivity index (χ4v) is 4.41. The van der Waals surface area contributed by atoms with Crippen molar-refractivity contribution < 1.29 is 28.5 Å². The first kappa shape index (κ1) is 32.0. The minimum absolute atomic E-state index is 0.230. The smallest absolute Gasteiger partial charge is 0.434 e. The fourth-order valence-electron chi connectivity index (χ4n) is 4.41. The largest absolute Gasteiger partial charge is 0.510 e. The van der Waals surface area contributed by atoms with Gasteiger partial charge in [-0.2, -0.15) is 10.2 Å². The van der Waals surface area contributed by atoms with Crippen molar-refractivity contribution in [2.75, 3.05) is 13.2 Å². The van der Waals surface area contributed by atoms with E-state index in [-0.39, 0.29) is 25.3 Å². The van der Waals surface area contributed by atoms with Crippen LogP contribution in [0.5, 0.6) is 0 Å². The highest BCUT2D eigenvalue weighted by atomic mass is 16.7. The molecule has 10 nitrogen and oxygen atoms in total. The first-order chi connectivity index (χ1) is 18.3. The number of carbonyl (C=O) groups is 2. The molecule has 0 aromatic rings. The summed E-state index contributed by atoms with van der Waals surface area (Å²) in [6.45, 7) is 7.87. The van der Waals surface area contributed by atoms with Crippen molar-refractivity contribution in [1.29, 1.82) is 0 Å². The normalized spacial score (nSPS) is 20.6. The number of rotatable bonds is 15. The zero-order valence-corrected chi connectivity index (χ0v) is 24.1. The molecule has 2 atom stereocenters. The molecule has 0 saturated heterocycles. The number of hydrogen-bond donors (Lipinski definition) is 0. The van der Waals surface area contributed by atoms with E-state index >= 15 is 0 Å². The van der Waals surface area contributed by atoms with Crippen LogP contribution in [0.3, 0.4) is 0 Å². The zero-order chi connectivity index (χ0) is 27.7. The second-order valence-electron chi connectivity index (χ2n) is 10.9. The molecule has 0 heterocycles. The standard InChI is InChI=1S/C28H50N4O6/c1-5-27(3,31-29-23-17-11-9-12-18-23)37-25(33)35-21-15-7-8-16-22-36-26(34)38-28(4,6-2)32-30-24-19-13-10-14-20-24/h23-24H,5-22H2,1-4H3. The molecule has 0 aliphatic heterocycles. The third kappa shape index (κ3) is 13.0. The minimum Gasteiger partial charge on any atom is -0.434 e. The number of carbonyl (C=O) groups excluding carboxylic acids is 2. The molecular weight excluding hydrogens is 488 g/mol. The van der Waals surface area contributed by atoms with Gasteiger partial charge in [-0.3, -0.25) is 0 Å². The highest BCUT2D eigenvalue weighted by molar-refractivity contribution is 5.60. The van der Waals surface area contributed by atoms with Crippen LogP contribution in [0.1, 0.15) is 130 Å². The lowest BCUT2D eigenvalue weighted by molar-refractivity contribution is -0.0303. The fraction of sp³-hybridized carbons (Fsp3) is 0.929. The van der Waals surface area contributed by atoms with Gasteiger partial charge in [-0.05, 0) is 65.2 Å². The summed E-state index contributed by atoms with van der Waals surface area (Å²) < 4.78 is 21.3. The molecule has 2 unspecified atom stereocenters. The lowest BCUT2D eigenvalue weighted by Crippen LogP contribution is -2.29. The van der Waals surface area contributed by atoms with Gasteiger partial charge in [-0.25, -0.2) is 9.59 Å². The van der Waals surface area contributed by atoms with Crippen molar-refractivity contribution >= 4 is 12.3 Å². The summed E-state index contributed by atoms with van der Waals surface area (Å²) in [7, 11) is 0. The van der Waals surface area contributed by atoms with E-state index < -0.39 is 23.8 Å². The van der Waals surface area contributed by atoms with Crippen LogP contribution < -0.4 is 0 Å². The zero-order valence-electron chi connectivity index (χ0n) is 24.1. The number of unbranched alkanes of at least 4 members (excludes halogenated alkanes) is 3. The maximum absolute atomic E-state index is 12.1. The minimum atomic E-state index is -0.994. The summed E-state index contributed by atoms with van der Waals surface area (Å²) >= 11 is 0. The van der Waals surface area contributed by atoms with E-state index in [2.05, 4.69) is 20.5 Å². The first-order valence-electron chi connectivity index (χ1n) is 14.8. The lowest BCUT2D eigenvalue weighted by Gasteiger charge is -2.24. The van der Waals surface area contributed by atoms with E-state index in [0.717, 1.165) is 38.5 Å². The van der Waals surface area contributed by atoms with Gasteiger partial charge in [0.15, 0.2) is 0 Å². The van der Waals surface area contributed by atoms with Crippen molar-refractivity contribution in [2.24, 2.45) is 20.5 Å². The van der Waals surface area contributed by atoms with Crippen LogP contribution >= 0.6 is 0 Å². The number of hydrogen-bond acceptors (Lipinski definition) is 10. The summed E-state index contributed by atoms with van der Waals surface area (Å²) in [5.74, 6) is 0. The predicted octanol–water partition coefficient (Wildman–Crippen LogP) is 8.68. The SMILES string of the molecule is CCC(C)(N=NC1CCCCC1)OC(=O)OCCCCCCOC(=O)OC(C)(CC)N=NC1CCCCC1. The molecule has 38 heavy (non-hydrogen) atoms. The maximum Gasteiger partial charge on any atom is 0.510 e. The number of nitrogens with zero attached hydrogens (tertiary/aromatic N) is 4. The molecule has 0 aromatic carbocycles. The van der Waals surface area contributed by atoms with Gasteiger partial charge in [0.25, 0.3) is 0 Å². The van der Waals surface area contributed by atoms with Crippen LogP contribution in [0.25, 0.3) is 0 Å². The van der Waals surface area contributed by atoms with Gasteiger partial charge in [0.2, 0.25) is 11.4 Å². The van der Waals surface area contributed by atoms with Crippen LogP contribution in [-0.4, -0.2) is 49.1 Å². The Bertz CT molecular complexity index is 690. The molecule has 2 rings (SSSR count). The van der Waals surface area contributed by atoms with Gasteiger partial charge < -0.3 is 18.9 Å². The van der Waals surface area contributed by atoms with Crippen molar-refractivity contribution in [3.63, 3.8) is 0 Å². The summed E-state index contributed by atoms with van der Waals surface area (Å²) in [6.07, 6.45) is 14.1. The van der Waals surface area contributed by atoms with Crippen LogP contribution in [0.4, 0.5) is 9.59 Å². The molecular formula is C28H50N4O6. The molecule has 2 aliphatic carbocycles. The highest BCUT2D eigenvalue weighted by Crippen LogP contribution is 2.26. The third-order valence-electron chi connectivity index (χ3n) is 7.41. The van der Waals surface area contributed by atoms with Crippen LogP contribution in [0.2, 0.25) is 0 Å². The van der Waals surface area contributed by atoms with Gasteiger partial charge in [-0.15, -0.1) is 10.2 Å². The van der Waals surface area contributed by atoms with Crippen molar-refractivity contribution in [2.45, 2.75) is 154 Å².